The van der Waals surface area contributed by atoms with E-state index in [1.165, 1.54) is 5.70 Å². The zero-order chi connectivity index (χ0) is 19.1. The van der Waals surface area contributed by atoms with E-state index in [0.29, 0.717) is 17.8 Å². The van der Waals surface area contributed by atoms with Crippen LogP contribution in [-0.2, 0) is 0 Å². The molecular weight excluding hydrogens is 290 g/mol. The number of allylic oxidation sites excluding steroid dienone is 1. The van der Waals surface area contributed by atoms with Gasteiger partial charge < -0.3 is 4.90 Å². The van der Waals surface area contributed by atoms with Crippen molar-refractivity contribution in [2.75, 3.05) is 13.1 Å². The van der Waals surface area contributed by atoms with Crippen LogP contribution >= 0.6 is 0 Å². The summed E-state index contributed by atoms with van der Waals surface area (Å²) in [5.41, 5.74) is 1.41. The van der Waals surface area contributed by atoms with Gasteiger partial charge in [-0.15, -0.1) is 5.92 Å². The molecule has 0 rings (SSSR count). The van der Waals surface area contributed by atoms with Crippen LogP contribution in [0.2, 0.25) is 0 Å². The smallest absolute Gasteiger partial charge is 0.0539 e. The summed E-state index contributed by atoms with van der Waals surface area (Å²) < 4.78 is 0. The molecule has 0 heterocycles. The SMILES string of the molecule is C=C(CC(C)C)N(CC(C)C)CC(C#CC)(CC)C(C)(C)C(C)C. The highest BCUT2D eigenvalue weighted by molar-refractivity contribution is 5.18. The van der Waals surface area contributed by atoms with Gasteiger partial charge in [-0.25, -0.2) is 0 Å². The normalized spacial score (nSPS) is 14.5. The summed E-state index contributed by atoms with van der Waals surface area (Å²) in [4.78, 5) is 2.53. The molecule has 1 atom stereocenters. The quantitative estimate of drug-likeness (QED) is 0.407. The Morgan fingerprint density at radius 2 is 1.58 bits per heavy atom. The fourth-order valence-corrected chi connectivity index (χ4v) is 3.52. The van der Waals surface area contributed by atoms with Gasteiger partial charge >= 0.3 is 0 Å². The zero-order valence-electron chi connectivity index (χ0n) is 18.2. The van der Waals surface area contributed by atoms with Gasteiger partial charge in [-0.05, 0) is 42.9 Å². The van der Waals surface area contributed by atoms with Gasteiger partial charge in [0.1, 0.15) is 0 Å². The third-order valence-corrected chi connectivity index (χ3v) is 5.78. The number of hydrogen-bond acceptors (Lipinski definition) is 1. The number of nitrogens with zero attached hydrogens (tertiary/aromatic N) is 1. The lowest BCUT2D eigenvalue weighted by molar-refractivity contribution is 0.0385. The Morgan fingerprint density at radius 3 is 1.92 bits per heavy atom. The second-order valence-corrected chi connectivity index (χ2v) is 9.13. The molecule has 1 heteroatoms. The van der Waals surface area contributed by atoms with Gasteiger partial charge in [-0.1, -0.05) is 74.8 Å². The van der Waals surface area contributed by atoms with Crippen LogP contribution in [0.15, 0.2) is 12.3 Å². The fraction of sp³-hybridized carbons (Fsp3) is 0.826. The highest BCUT2D eigenvalue weighted by Crippen LogP contribution is 2.48. The van der Waals surface area contributed by atoms with Crippen LogP contribution < -0.4 is 0 Å². The van der Waals surface area contributed by atoms with Crippen molar-refractivity contribution in [3.63, 3.8) is 0 Å². The predicted molar refractivity (Wildman–Crippen MR) is 110 cm³/mol. The van der Waals surface area contributed by atoms with Crippen LogP contribution in [0.1, 0.15) is 82.1 Å². The van der Waals surface area contributed by atoms with E-state index < -0.39 is 0 Å². The van der Waals surface area contributed by atoms with Gasteiger partial charge in [0, 0.05) is 18.8 Å². The van der Waals surface area contributed by atoms with E-state index in [-0.39, 0.29) is 10.8 Å². The Bertz CT molecular complexity index is 444. The molecule has 0 aliphatic rings. The van der Waals surface area contributed by atoms with Crippen molar-refractivity contribution in [3.05, 3.63) is 12.3 Å². The number of hydrogen-bond donors (Lipinski definition) is 0. The first-order valence-electron chi connectivity index (χ1n) is 9.80. The molecule has 0 saturated heterocycles. The van der Waals surface area contributed by atoms with E-state index >= 15 is 0 Å². The molecule has 0 aliphatic carbocycles. The first-order chi connectivity index (χ1) is 10.9. The summed E-state index contributed by atoms with van der Waals surface area (Å²) >= 11 is 0. The molecule has 0 amide bonds. The topological polar surface area (TPSA) is 3.24 Å². The predicted octanol–water partition coefficient (Wildman–Crippen LogP) is 6.61. The van der Waals surface area contributed by atoms with Crippen LogP contribution in [0, 0.1) is 40.4 Å². The molecular formula is C23H43N. The Hall–Kier alpha value is -0.900. The average Bonchev–Trinajstić information content (AvgIpc) is 2.44. The standard InChI is InChI=1S/C23H43N/c1-12-14-23(13-2,22(10,11)20(7)8)17-24(16-19(5)6)21(9)15-18(3)4/h18-20H,9,13,15-17H2,1-8,10-11H3. The monoisotopic (exact) mass is 333 g/mol. The van der Waals surface area contributed by atoms with Gasteiger partial charge in [0.2, 0.25) is 0 Å². The van der Waals surface area contributed by atoms with Crippen molar-refractivity contribution in [3.8, 4) is 11.8 Å². The van der Waals surface area contributed by atoms with Crippen LogP contribution in [0.3, 0.4) is 0 Å². The molecule has 0 aromatic heterocycles. The summed E-state index contributed by atoms with van der Waals surface area (Å²) in [5.74, 6) is 8.74. The van der Waals surface area contributed by atoms with Gasteiger partial charge in [0.25, 0.3) is 0 Å². The molecule has 0 bridgehead atoms. The Labute approximate surface area is 153 Å². The van der Waals surface area contributed by atoms with Crippen molar-refractivity contribution in [2.24, 2.45) is 28.6 Å². The van der Waals surface area contributed by atoms with Gasteiger partial charge in [0.05, 0.1) is 5.41 Å². The second-order valence-electron chi connectivity index (χ2n) is 9.13. The average molecular weight is 334 g/mol. The van der Waals surface area contributed by atoms with Gasteiger partial charge in [0.15, 0.2) is 0 Å². The molecule has 140 valence electrons. The summed E-state index contributed by atoms with van der Waals surface area (Å²) in [6.45, 7) is 29.3. The molecule has 0 saturated carbocycles. The minimum atomic E-state index is -0.00920. The van der Waals surface area contributed by atoms with Gasteiger partial charge in [-0.2, -0.15) is 0 Å². The maximum Gasteiger partial charge on any atom is 0.0539 e. The lowest BCUT2D eigenvalue weighted by atomic mass is 9.58. The maximum absolute atomic E-state index is 4.43. The van der Waals surface area contributed by atoms with Crippen LogP contribution in [-0.4, -0.2) is 18.0 Å². The first kappa shape index (κ1) is 23.1. The molecule has 0 aliphatic heterocycles. The van der Waals surface area contributed by atoms with E-state index in [1.54, 1.807) is 0 Å². The van der Waals surface area contributed by atoms with Crippen molar-refractivity contribution in [1.29, 1.82) is 0 Å². The Balaban J connectivity index is 5.82. The first-order valence-corrected chi connectivity index (χ1v) is 9.80. The van der Waals surface area contributed by atoms with E-state index in [2.05, 4.69) is 85.6 Å². The Kier molecular flexibility index (Phi) is 9.19. The lowest BCUT2D eigenvalue weighted by Crippen LogP contribution is -2.48. The minimum absolute atomic E-state index is 0.00920. The fourth-order valence-electron chi connectivity index (χ4n) is 3.52. The highest BCUT2D eigenvalue weighted by Gasteiger charge is 2.45. The maximum atomic E-state index is 4.43. The molecule has 0 N–H and O–H groups in total. The van der Waals surface area contributed by atoms with E-state index in [1.807, 2.05) is 6.92 Å². The van der Waals surface area contributed by atoms with Crippen LogP contribution in [0.25, 0.3) is 0 Å². The van der Waals surface area contributed by atoms with Crippen molar-refractivity contribution < 1.29 is 0 Å². The molecule has 0 aromatic rings. The minimum Gasteiger partial charge on any atom is -0.373 e. The van der Waals surface area contributed by atoms with E-state index in [9.17, 15) is 0 Å². The summed E-state index contributed by atoms with van der Waals surface area (Å²) in [7, 11) is 0. The van der Waals surface area contributed by atoms with Gasteiger partial charge in [-0.3, -0.25) is 0 Å². The van der Waals surface area contributed by atoms with Crippen LogP contribution in [0.5, 0.6) is 0 Å². The molecule has 1 unspecified atom stereocenters. The summed E-state index contributed by atoms with van der Waals surface area (Å²) in [6.07, 6.45) is 2.14. The molecule has 0 spiro atoms. The van der Waals surface area contributed by atoms with E-state index in [0.717, 1.165) is 25.9 Å². The molecule has 24 heavy (non-hydrogen) atoms. The Morgan fingerprint density at radius 1 is 1.04 bits per heavy atom. The third kappa shape index (κ3) is 5.87. The molecule has 0 aromatic carbocycles. The van der Waals surface area contributed by atoms with Crippen molar-refractivity contribution >= 4 is 0 Å². The summed E-state index contributed by atoms with van der Waals surface area (Å²) in [5, 5.41) is 0. The third-order valence-electron chi connectivity index (χ3n) is 5.78. The molecule has 0 radical (unpaired) electrons. The van der Waals surface area contributed by atoms with Crippen molar-refractivity contribution in [1.82, 2.24) is 4.90 Å². The summed E-state index contributed by atoms with van der Waals surface area (Å²) in [6, 6.07) is 0. The zero-order valence-corrected chi connectivity index (χ0v) is 18.2. The molecule has 0 fully saturated rings. The number of rotatable bonds is 10. The largest absolute Gasteiger partial charge is 0.373 e. The van der Waals surface area contributed by atoms with E-state index in [4.69, 9.17) is 0 Å². The second kappa shape index (κ2) is 9.55. The lowest BCUT2D eigenvalue weighted by Gasteiger charge is -2.49. The highest BCUT2D eigenvalue weighted by atomic mass is 15.1. The van der Waals surface area contributed by atoms with Crippen molar-refractivity contribution in [2.45, 2.75) is 82.1 Å². The molecule has 1 nitrogen and oxygen atoms in total. The van der Waals surface area contributed by atoms with Crippen LogP contribution in [0.4, 0.5) is 0 Å².